The maximum atomic E-state index is 16.4. The number of aromatic nitrogens is 9. The zero-order valence-corrected chi connectivity index (χ0v) is 33.3. The van der Waals surface area contributed by atoms with Gasteiger partial charge in [-0.05, 0) is 36.1 Å². The van der Waals surface area contributed by atoms with Crippen molar-refractivity contribution in [1.82, 2.24) is 43.0 Å². The van der Waals surface area contributed by atoms with Crippen molar-refractivity contribution in [2.45, 2.75) is 50.0 Å². The second-order valence-corrected chi connectivity index (χ2v) is 19.8. The van der Waals surface area contributed by atoms with E-state index in [9.17, 15) is 24.4 Å². The molecule has 1 aromatic carbocycles. The lowest BCUT2D eigenvalue weighted by Gasteiger charge is -2.45. The van der Waals surface area contributed by atoms with Crippen LogP contribution in [0.15, 0.2) is 60.4 Å². The Morgan fingerprint density at radius 2 is 1.79 bits per heavy atom. The van der Waals surface area contributed by atoms with Crippen molar-refractivity contribution in [3.8, 4) is 0 Å². The molecule has 2 aliphatic heterocycles. The SMILES string of the molecule is O=c1c2ncn([C@@H]3O[C@@H]4COP(O)(=S)OC[C@@H]5[C@@H](COP(=O)(S)O[C@@H]3[C@@H]4F)C[C@H]5n3cnc4c(Cl)ncnc43)c2nc2n(CCc3ccc([N+](=O)[O-])cc3)ccn12. The number of aryl methyl sites for hydroxylation is 2. The van der Waals surface area contributed by atoms with E-state index in [2.05, 4.69) is 32.2 Å². The van der Waals surface area contributed by atoms with Crippen molar-refractivity contribution in [2.24, 2.45) is 11.8 Å². The number of nitrogens with zero attached hydrogens (tertiary/aromatic N) is 10. The van der Waals surface area contributed by atoms with Gasteiger partial charge in [0.2, 0.25) is 5.78 Å². The molecule has 20 nitrogen and oxygen atoms in total. The summed E-state index contributed by atoms with van der Waals surface area (Å²) in [4.78, 5) is 56.8. The third-order valence-electron chi connectivity index (χ3n) is 10.4. The van der Waals surface area contributed by atoms with E-state index in [0.717, 1.165) is 5.56 Å². The van der Waals surface area contributed by atoms with Gasteiger partial charge in [0.1, 0.15) is 24.1 Å². The lowest BCUT2D eigenvalue weighted by molar-refractivity contribution is -0.384. The van der Waals surface area contributed by atoms with E-state index in [1.165, 1.54) is 40.0 Å². The van der Waals surface area contributed by atoms with Crippen LogP contribution in [0.5, 0.6) is 0 Å². The van der Waals surface area contributed by atoms with E-state index in [4.69, 9.17) is 51.2 Å². The van der Waals surface area contributed by atoms with E-state index < -0.39 is 55.2 Å². The van der Waals surface area contributed by atoms with Gasteiger partial charge in [0.15, 0.2) is 34.4 Å². The highest BCUT2D eigenvalue weighted by Gasteiger charge is 2.52. The predicted molar refractivity (Wildman–Crippen MR) is 205 cm³/mol. The Hall–Kier alpha value is -3.73. The van der Waals surface area contributed by atoms with Gasteiger partial charge in [-0.15, -0.1) is 0 Å². The minimum atomic E-state index is -4.31. The van der Waals surface area contributed by atoms with Gasteiger partial charge in [-0.25, -0.2) is 33.3 Å². The summed E-state index contributed by atoms with van der Waals surface area (Å²) in [7, 11) is 0. The zero-order chi connectivity index (χ0) is 39.8. The Labute approximate surface area is 335 Å². The Bertz CT molecular complexity index is 2700. The number of non-ortho nitro benzene ring substituents is 1. The van der Waals surface area contributed by atoms with Crippen LogP contribution in [0.1, 0.15) is 24.3 Å². The number of benzene rings is 1. The summed E-state index contributed by atoms with van der Waals surface area (Å²) in [5.74, 6) is -0.464. The number of alkyl halides is 1. The topological polar surface area (TPSA) is 227 Å². The lowest BCUT2D eigenvalue weighted by atomic mass is 9.70. The van der Waals surface area contributed by atoms with Gasteiger partial charge in [-0.2, -0.15) is 4.98 Å². The third kappa shape index (κ3) is 7.22. The van der Waals surface area contributed by atoms with Crippen LogP contribution in [-0.4, -0.2) is 91.0 Å². The molecule has 9 atom stereocenters. The molecule has 57 heavy (non-hydrogen) atoms. The predicted octanol–water partition coefficient (Wildman–Crippen LogP) is 4.61. The maximum absolute atomic E-state index is 16.4. The number of rotatable bonds is 6. The molecule has 7 heterocycles. The first-order chi connectivity index (χ1) is 27.3. The number of nitro benzene ring substituents is 1. The van der Waals surface area contributed by atoms with E-state index in [0.29, 0.717) is 30.6 Å². The molecule has 1 aliphatic carbocycles. The monoisotopic (exact) mass is 882 g/mol. The quantitative estimate of drug-likeness (QED) is 0.0766. The van der Waals surface area contributed by atoms with Gasteiger partial charge < -0.3 is 32.3 Å². The van der Waals surface area contributed by atoms with Gasteiger partial charge in [0, 0.05) is 43.0 Å². The van der Waals surface area contributed by atoms with Crippen LogP contribution >= 0.6 is 37.4 Å². The molecule has 2 saturated heterocycles. The van der Waals surface area contributed by atoms with Crippen molar-refractivity contribution in [2.75, 3.05) is 19.8 Å². The minimum absolute atomic E-state index is 0.00743. The van der Waals surface area contributed by atoms with Crippen molar-refractivity contribution < 1.29 is 41.6 Å². The van der Waals surface area contributed by atoms with Crippen molar-refractivity contribution in [3.63, 3.8) is 0 Å². The molecule has 26 heteroatoms. The fraction of sp³-hybridized carbons (Fsp3) is 0.419. The molecular weight excluding hydrogens is 853 g/mol. The van der Waals surface area contributed by atoms with Crippen molar-refractivity contribution in [3.05, 3.63) is 86.8 Å². The van der Waals surface area contributed by atoms with Gasteiger partial charge in [0.25, 0.3) is 11.2 Å². The number of fused-ring (bicyclic) bond motifs is 6. The number of ether oxygens (including phenoxy) is 1. The maximum Gasteiger partial charge on any atom is 0.386 e. The van der Waals surface area contributed by atoms with Crippen LogP contribution in [0.3, 0.4) is 0 Å². The van der Waals surface area contributed by atoms with Crippen molar-refractivity contribution in [1.29, 1.82) is 0 Å². The standard InChI is InChI=1S/C31H30ClFN10O10P2S2/c32-26-23-27(35-13-34-26)41(14-36-23)20-9-17-10-49-55(48,57)53-25-22(33)21(12-51-54(47,56)50-11-19(17)20)52-30(25)42-15-37-24-28(42)38-31-39(7-8-40(31)29(24)44)6-5-16-1-3-18(4-2-16)43(45)46/h1-4,7-8,13-15,17,19-22,25,30H,5-6,9-12H2,(H,47,56)(H,48,57)/t17-,19-,20-,21-,22-,25-,30-,54?,55?/m1/s1. The number of nitro groups is 1. The Morgan fingerprint density at radius 1 is 1.04 bits per heavy atom. The Kier molecular flexibility index (Phi) is 10.1. The van der Waals surface area contributed by atoms with Gasteiger partial charge in [-0.1, -0.05) is 36.0 Å². The van der Waals surface area contributed by atoms with Gasteiger partial charge in [-0.3, -0.25) is 24.0 Å². The number of hydrogen-bond donors (Lipinski definition) is 2. The summed E-state index contributed by atoms with van der Waals surface area (Å²) in [6, 6.07) is 5.85. The first-order valence-electron chi connectivity index (χ1n) is 17.3. The van der Waals surface area contributed by atoms with E-state index in [1.807, 2.05) is 0 Å². The normalized spacial score (nSPS) is 31.0. The average Bonchev–Trinajstić information content (AvgIpc) is 3.95. The van der Waals surface area contributed by atoms with E-state index >= 15 is 4.39 Å². The van der Waals surface area contributed by atoms with E-state index in [1.54, 1.807) is 33.8 Å². The molecule has 5 aromatic heterocycles. The van der Waals surface area contributed by atoms with Gasteiger partial charge in [0.05, 0.1) is 37.4 Å². The fourth-order valence-electron chi connectivity index (χ4n) is 7.44. The Balaban J connectivity index is 0.994. The van der Waals surface area contributed by atoms with Crippen LogP contribution in [0.4, 0.5) is 10.1 Å². The number of halogens is 2. The van der Waals surface area contributed by atoms with Crippen LogP contribution in [0.2, 0.25) is 5.15 Å². The van der Waals surface area contributed by atoms with Crippen LogP contribution < -0.4 is 5.56 Å². The molecule has 2 unspecified atom stereocenters. The molecule has 2 bridgehead atoms. The van der Waals surface area contributed by atoms with Crippen molar-refractivity contribution >= 4 is 83.0 Å². The van der Waals surface area contributed by atoms with Crippen LogP contribution in [0.25, 0.3) is 28.1 Å². The van der Waals surface area contributed by atoms with E-state index in [-0.39, 0.29) is 58.9 Å². The highest BCUT2D eigenvalue weighted by atomic mass is 35.5. The number of thiol groups is 1. The second kappa shape index (κ2) is 14.8. The summed E-state index contributed by atoms with van der Waals surface area (Å²) in [6.45, 7) is -8.77. The summed E-state index contributed by atoms with van der Waals surface area (Å²) >= 11 is 15.7. The molecule has 300 valence electrons. The summed E-state index contributed by atoms with van der Waals surface area (Å²) < 4.78 is 65.3. The van der Waals surface area contributed by atoms with Crippen LogP contribution in [0, 0.1) is 22.0 Å². The smallest absolute Gasteiger partial charge is 0.346 e. The fourth-order valence-corrected chi connectivity index (χ4v) is 10.3. The Morgan fingerprint density at radius 3 is 2.58 bits per heavy atom. The third-order valence-corrected chi connectivity index (χ3v) is 13.9. The van der Waals surface area contributed by atoms with Gasteiger partial charge >= 0.3 is 13.5 Å². The molecule has 9 rings (SSSR count). The molecular formula is C31H30ClFN10O10P2S2. The molecule has 3 aliphatic rings. The van der Waals surface area contributed by atoms with Crippen LogP contribution in [-0.2, 0) is 52.2 Å². The summed E-state index contributed by atoms with van der Waals surface area (Å²) in [5.41, 5.74) is 1.08. The molecule has 3 fully saturated rings. The highest BCUT2D eigenvalue weighted by Crippen LogP contribution is 2.59. The number of hydrogen-bond acceptors (Lipinski definition) is 15. The zero-order valence-electron chi connectivity index (χ0n) is 29.1. The summed E-state index contributed by atoms with van der Waals surface area (Å²) in [5, 5.41) is 11.2. The molecule has 0 amide bonds. The first kappa shape index (κ1) is 38.8. The summed E-state index contributed by atoms with van der Waals surface area (Å²) in [6.07, 6.45) is 1.67. The highest BCUT2D eigenvalue weighted by molar-refractivity contribution is 8.44. The molecule has 0 spiro atoms. The average molecular weight is 883 g/mol. The molecule has 0 radical (unpaired) electrons. The second-order valence-electron chi connectivity index (χ2n) is 13.7. The first-order valence-corrected chi connectivity index (χ1v) is 23.0. The number of imidazole rings is 3. The lowest BCUT2D eigenvalue weighted by Crippen LogP contribution is -2.43. The molecule has 6 aromatic rings. The molecule has 1 saturated carbocycles. The largest absolute Gasteiger partial charge is 0.386 e. The minimum Gasteiger partial charge on any atom is -0.346 e. The molecule has 1 N–H and O–H groups in total.